The van der Waals surface area contributed by atoms with Gasteiger partial charge in [0, 0.05) is 11.4 Å². The van der Waals surface area contributed by atoms with E-state index in [0.717, 1.165) is 28.3 Å². The highest BCUT2D eigenvalue weighted by molar-refractivity contribution is 6.12. The minimum Gasteiger partial charge on any atom is -0.497 e. The number of fused-ring (bicyclic) bond motifs is 1. The predicted octanol–water partition coefficient (Wildman–Crippen LogP) is 6.13. The SMILES string of the molecule is COc1ccc(N2C(=O)c3ccccc3N[C@@H]2c2ccc(-c3ccccc3)cc2)cc1. The van der Waals surface area contributed by atoms with Crippen LogP contribution in [0, 0.1) is 0 Å². The summed E-state index contributed by atoms with van der Waals surface area (Å²) in [6, 6.07) is 33.8. The van der Waals surface area contributed by atoms with Crippen molar-refractivity contribution in [3.8, 4) is 16.9 Å². The van der Waals surface area contributed by atoms with Gasteiger partial charge in [-0.25, -0.2) is 0 Å². The smallest absolute Gasteiger partial charge is 0.262 e. The number of nitrogens with zero attached hydrogens (tertiary/aromatic N) is 1. The molecule has 31 heavy (non-hydrogen) atoms. The molecular formula is C27H22N2O2. The van der Waals surface area contributed by atoms with E-state index in [9.17, 15) is 4.79 Å². The van der Waals surface area contributed by atoms with Crippen molar-refractivity contribution in [2.24, 2.45) is 0 Å². The molecule has 0 saturated heterocycles. The average Bonchev–Trinajstić information content (AvgIpc) is 2.85. The van der Waals surface area contributed by atoms with E-state index in [0.29, 0.717) is 5.56 Å². The largest absolute Gasteiger partial charge is 0.497 e. The van der Waals surface area contributed by atoms with Gasteiger partial charge in [0.1, 0.15) is 11.9 Å². The topological polar surface area (TPSA) is 41.6 Å². The number of nitrogens with one attached hydrogen (secondary N) is 1. The van der Waals surface area contributed by atoms with E-state index in [4.69, 9.17) is 4.74 Å². The number of benzene rings is 4. The summed E-state index contributed by atoms with van der Waals surface area (Å²) in [6.07, 6.45) is -0.319. The van der Waals surface area contributed by atoms with Crippen molar-refractivity contribution in [2.75, 3.05) is 17.3 Å². The molecule has 0 fully saturated rings. The van der Waals surface area contributed by atoms with Gasteiger partial charge in [0.15, 0.2) is 0 Å². The summed E-state index contributed by atoms with van der Waals surface area (Å²) in [5.41, 5.74) is 5.63. The van der Waals surface area contributed by atoms with Crippen LogP contribution in [0.1, 0.15) is 22.1 Å². The lowest BCUT2D eigenvalue weighted by Crippen LogP contribution is -2.43. The molecule has 1 aliphatic rings. The lowest BCUT2D eigenvalue weighted by Gasteiger charge is -2.38. The fraction of sp³-hybridized carbons (Fsp3) is 0.0741. The van der Waals surface area contributed by atoms with Crippen LogP contribution < -0.4 is 15.0 Å². The molecule has 1 atom stereocenters. The first kappa shape index (κ1) is 18.9. The van der Waals surface area contributed by atoms with E-state index >= 15 is 0 Å². The third kappa shape index (κ3) is 3.53. The molecule has 0 radical (unpaired) electrons. The van der Waals surface area contributed by atoms with Crippen molar-refractivity contribution in [1.29, 1.82) is 0 Å². The number of hydrogen-bond donors (Lipinski definition) is 1. The summed E-state index contributed by atoms with van der Waals surface area (Å²) in [5, 5.41) is 3.55. The van der Waals surface area contributed by atoms with Gasteiger partial charge in [-0.2, -0.15) is 0 Å². The Hall–Kier alpha value is -4.05. The van der Waals surface area contributed by atoms with Gasteiger partial charge in [-0.05, 0) is 53.1 Å². The number of anilines is 2. The Bertz CT molecular complexity index is 1200. The summed E-state index contributed by atoms with van der Waals surface area (Å²) in [7, 11) is 1.63. The highest BCUT2D eigenvalue weighted by atomic mass is 16.5. The van der Waals surface area contributed by atoms with E-state index in [2.05, 4.69) is 41.7 Å². The van der Waals surface area contributed by atoms with Gasteiger partial charge in [0.2, 0.25) is 0 Å². The maximum absolute atomic E-state index is 13.5. The van der Waals surface area contributed by atoms with Gasteiger partial charge in [-0.1, -0.05) is 66.7 Å². The molecule has 4 heteroatoms. The van der Waals surface area contributed by atoms with Crippen LogP contribution in [0.5, 0.6) is 5.75 Å². The summed E-state index contributed by atoms with van der Waals surface area (Å²) in [4.78, 5) is 15.3. The van der Waals surface area contributed by atoms with Crippen LogP contribution in [0.15, 0.2) is 103 Å². The zero-order valence-electron chi connectivity index (χ0n) is 17.2. The molecule has 152 valence electrons. The first-order valence-corrected chi connectivity index (χ1v) is 10.2. The van der Waals surface area contributed by atoms with Gasteiger partial charge in [-0.3, -0.25) is 9.69 Å². The van der Waals surface area contributed by atoms with Crippen molar-refractivity contribution >= 4 is 17.3 Å². The molecular weight excluding hydrogens is 384 g/mol. The molecule has 1 aliphatic heterocycles. The van der Waals surface area contributed by atoms with Crippen molar-refractivity contribution in [2.45, 2.75) is 6.17 Å². The van der Waals surface area contributed by atoms with E-state index in [-0.39, 0.29) is 12.1 Å². The molecule has 4 aromatic rings. The number of para-hydroxylation sites is 1. The van der Waals surface area contributed by atoms with Crippen LogP contribution in [-0.4, -0.2) is 13.0 Å². The lowest BCUT2D eigenvalue weighted by atomic mass is 9.99. The fourth-order valence-corrected chi connectivity index (χ4v) is 3.98. The van der Waals surface area contributed by atoms with Crippen LogP contribution in [0.3, 0.4) is 0 Å². The summed E-state index contributed by atoms with van der Waals surface area (Å²) in [5.74, 6) is 0.724. The van der Waals surface area contributed by atoms with Crippen LogP contribution in [0.2, 0.25) is 0 Å². The predicted molar refractivity (Wildman–Crippen MR) is 124 cm³/mol. The van der Waals surface area contributed by atoms with E-state index < -0.39 is 0 Å². The molecule has 4 aromatic carbocycles. The average molecular weight is 406 g/mol. The third-order valence-electron chi connectivity index (χ3n) is 5.61. The Morgan fingerprint density at radius 2 is 1.39 bits per heavy atom. The van der Waals surface area contributed by atoms with Gasteiger partial charge in [0.05, 0.1) is 12.7 Å². The monoisotopic (exact) mass is 406 g/mol. The third-order valence-corrected chi connectivity index (χ3v) is 5.61. The molecule has 0 saturated carbocycles. The highest BCUT2D eigenvalue weighted by Crippen LogP contribution is 2.37. The molecule has 1 amide bonds. The number of carbonyl (C=O) groups is 1. The molecule has 1 heterocycles. The van der Waals surface area contributed by atoms with Gasteiger partial charge in [-0.15, -0.1) is 0 Å². The minimum atomic E-state index is -0.319. The second-order valence-corrected chi connectivity index (χ2v) is 7.45. The first-order valence-electron chi connectivity index (χ1n) is 10.2. The Morgan fingerprint density at radius 3 is 2.10 bits per heavy atom. The molecule has 0 aromatic heterocycles. The van der Waals surface area contributed by atoms with Crippen molar-refractivity contribution in [3.05, 3.63) is 114 Å². The van der Waals surface area contributed by atoms with Gasteiger partial charge < -0.3 is 10.1 Å². The summed E-state index contributed by atoms with van der Waals surface area (Å²) < 4.78 is 5.29. The number of amides is 1. The molecule has 5 rings (SSSR count). The summed E-state index contributed by atoms with van der Waals surface area (Å²) in [6.45, 7) is 0. The molecule has 0 aliphatic carbocycles. The quantitative estimate of drug-likeness (QED) is 0.443. The lowest BCUT2D eigenvalue weighted by molar-refractivity contribution is 0.0975. The van der Waals surface area contributed by atoms with Crippen LogP contribution in [0.4, 0.5) is 11.4 Å². The second-order valence-electron chi connectivity index (χ2n) is 7.45. The molecule has 0 unspecified atom stereocenters. The highest BCUT2D eigenvalue weighted by Gasteiger charge is 2.33. The van der Waals surface area contributed by atoms with Crippen molar-refractivity contribution < 1.29 is 9.53 Å². The van der Waals surface area contributed by atoms with Gasteiger partial charge >= 0.3 is 0 Å². The number of rotatable bonds is 4. The van der Waals surface area contributed by atoms with Crippen LogP contribution in [0.25, 0.3) is 11.1 Å². The fourth-order valence-electron chi connectivity index (χ4n) is 3.98. The number of ether oxygens (including phenoxy) is 1. The Labute approximate surface area is 181 Å². The number of hydrogen-bond acceptors (Lipinski definition) is 3. The second kappa shape index (κ2) is 8.00. The molecule has 1 N–H and O–H groups in total. The zero-order chi connectivity index (χ0) is 21.2. The van der Waals surface area contributed by atoms with Crippen molar-refractivity contribution in [1.82, 2.24) is 0 Å². The van der Waals surface area contributed by atoms with Crippen LogP contribution >= 0.6 is 0 Å². The van der Waals surface area contributed by atoms with Crippen molar-refractivity contribution in [3.63, 3.8) is 0 Å². The van der Waals surface area contributed by atoms with E-state index in [1.54, 1.807) is 12.0 Å². The number of methoxy groups -OCH3 is 1. The first-order chi connectivity index (χ1) is 15.2. The maximum atomic E-state index is 13.5. The molecule has 0 spiro atoms. The number of carbonyl (C=O) groups excluding carboxylic acids is 1. The zero-order valence-corrected chi connectivity index (χ0v) is 17.2. The Balaban J connectivity index is 1.56. The molecule has 4 nitrogen and oxygen atoms in total. The Morgan fingerprint density at radius 1 is 0.742 bits per heavy atom. The van der Waals surface area contributed by atoms with Gasteiger partial charge in [0.25, 0.3) is 5.91 Å². The minimum absolute atomic E-state index is 0.0309. The standard InChI is InChI=1S/C27H22N2O2/c1-31-23-17-15-22(16-18-23)29-26(28-25-10-6-5-9-24(25)27(29)30)21-13-11-20(12-14-21)19-7-3-2-4-8-19/h2-18,26,28H,1H3/t26-/m0/s1. The van der Waals surface area contributed by atoms with E-state index in [1.165, 1.54) is 5.56 Å². The maximum Gasteiger partial charge on any atom is 0.262 e. The molecule has 0 bridgehead atoms. The summed E-state index contributed by atoms with van der Waals surface area (Å²) >= 11 is 0. The Kier molecular flexibility index (Phi) is 4.89. The van der Waals surface area contributed by atoms with E-state index in [1.807, 2.05) is 66.7 Å². The normalized spacial score (nSPS) is 15.2. The van der Waals surface area contributed by atoms with Crippen LogP contribution in [-0.2, 0) is 0 Å².